The fraction of sp³-hybridized carbons (Fsp3) is 0.231. The van der Waals surface area contributed by atoms with Crippen LogP contribution in [-0.2, 0) is 6.42 Å². The summed E-state index contributed by atoms with van der Waals surface area (Å²) in [5.41, 5.74) is 3.56. The van der Waals surface area contributed by atoms with Crippen LogP contribution in [0.5, 0.6) is 0 Å². The van der Waals surface area contributed by atoms with Crippen molar-refractivity contribution in [2.45, 2.75) is 13.3 Å². The maximum atomic E-state index is 13.3. The standard InChI is InChI=1S/C26H27FN4O/c1-2-20-7-6-8-23(19-20)28-26(29-25(32)21-11-13-22(27)14-12-21)31-17-15-30(16-18-31)24-9-4-3-5-10-24/h3-14,19H,2,15-18H2,1H3,(H,28,29,32). The number of halogens is 1. The molecule has 1 N–H and O–H groups in total. The van der Waals surface area contributed by atoms with Crippen LogP contribution in [0.4, 0.5) is 15.8 Å². The summed E-state index contributed by atoms with van der Waals surface area (Å²) in [5, 5.41) is 2.96. The third-order valence-electron chi connectivity index (χ3n) is 5.59. The number of carbonyl (C=O) groups is 1. The van der Waals surface area contributed by atoms with Gasteiger partial charge in [0, 0.05) is 37.4 Å². The number of aliphatic imine (C=N–C) groups is 1. The van der Waals surface area contributed by atoms with E-state index in [1.165, 1.54) is 35.5 Å². The second-order valence-electron chi connectivity index (χ2n) is 7.73. The first kappa shape index (κ1) is 21.6. The minimum absolute atomic E-state index is 0.305. The molecule has 1 amide bonds. The average molecular weight is 431 g/mol. The molecule has 3 aromatic carbocycles. The predicted molar refractivity (Wildman–Crippen MR) is 127 cm³/mol. The molecule has 0 bridgehead atoms. The molecule has 0 radical (unpaired) electrons. The minimum Gasteiger partial charge on any atom is -0.368 e. The molecule has 0 aromatic heterocycles. The van der Waals surface area contributed by atoms with E-state index in [1.807, 2.05) is 36.4 Å². The molecule has 0 spiro atoms. The van der Waals surface area contributed by atoms with Crippen LogP contribution in [0.15, 0.2) is 83.9 Å². The highest BCUT2D eigenvalue weighted by atomic mass is 19.1. The molecule has 1 saturated heterocycles. The zero-order chi connectivity index (χ0) is 22.3. The first-order chi connectivity index (χ1) is 15.6. The number of benzene rings is 3. The molecule has 1 aliphatic heterocycles. The van der Waals surface area contributed by atoms with Crippen LogP contribution in [0.2, 0.25) is 0 Å². The van der Waals surface area contributed by atoms with Crippen LogP contribution in [-0.4, -0.2) is 42.9 Å². The van der Waals surface area contributed by atoms with Crippen molar-refractivity contribution in [2.75, 3.05) is 31.1 Å². The predicted octanol–water partition coefficient (Wildman–Crippen LogP) is 4.63. The second-order valence-corrected chi connectivity index (χ2v) is 7.73. The van der Waals surface area contributed by atoms with Gasteiger partial charge in [-0.15, -0.1) is 0 Å². The summed E-state index contributed by atoms with van der Waals surface area (Å²) in [6.07, 6.45) is 0.913. The Morgan fingerprint density at radius 2 is 1.66 bits per heavy atom. The van der Waals surface area contributed by atoms with Crippen molar-refractivity contribution in [2.24, 2.45) is 4.99 Å². The Morgan fingerprint density at radius 3 is 2.34 bits per heavy atom. The summed E-state index contributed by atoms with van der Waals surface area (Å²) in [6, 6.07) is 23.8. The van der Waals surface area contributed by atoms with Crippen molar-refractivity contribution in [1.29, 1.82) is 0 Å². The Kier molecular flexibility index (Phi) is 6.80. The zero-order valence-corrected chi connectivity index (χ0v) is 18.2. The molecule has 0 saturated carbocycles. The highest BCUT2D eigenvalue weighted by Gasteiger charge is 2.22. The monoisotopic (exact) mass is 430 g/mol. The van der Waals surface area contributed by atoms with Crippen LogP contribution >= 0.6 is 0 Å². The summed E-state index contributed by atoms with van der Waals surface area (Å²) in [4.78, 5) is 22.1. The van der Waals surface area contributed by atoms with Gasteiger partial charge in [-0.3, -0.25) is 10.1 Å². The molecule has 1 heterocycles. The van der Waals surface area contributed by atoms with Crippen molar-refractivity contribution < 1.29 is 9.18 Å². The summed E-state index contributed by atoms with van der Waals surface area (Å²) in [5.74, 6) is -0.162. The SMILES string of the molecule is CCc1cccc(N=C(NC(=O)c2ccc(F)cc2)N2CCN(c3ccccc3)CC2)c1. The Hall–Kier alpha value is -3.67. The summed E-state index contributed by atoms with van der Waals surface area (Å²) in [7, 11) is 0. The first-order valence-corrected chi connectivity index (χ1v) is 10.9. The third-order valence-corrected chi connectivity index (χ3v) is 5.59. The number of piperazine rings is 1. The molecule has 0 aliphatic carbocycles. The van der Waals surface area contributed by atoms with Crippen molar-refractivity contribution in [1.82, 2.24) is 10.2 Å². The van der Waals surface area contributed by atoms with Gasteiger partial charge in [-0.25, -0.2) is 9.38 Å². The zero-order valence-electron chi connectivity index (χ0n) is 18.2. The smallest absolute Gasteiger partial charge is 0.257 e. The number of rotatable bonds is 4. The highest BCUT2D eigenvalue weighted by Crippen LogP contribution is 2.18. The van der Waals surface area contributed by atoms with E-state index in [0.717, 1.165) is 38.3 Å². The van der Waals surface area contributed by atoms with Crippen LogP contribution in [0.3, 0.4) is 0 Å². The molecule has 0 unspecified atom stereocenters. The number of aryl methyl sites for hydroxylation is 1. The molecule has 6 heteroatoms. The van der Waals surface area contributed by atoms with Gasteiger partial charge in [0.05, 0.1) is 5.69 Å². The Morgan fingerprint density at radius 1 is 0.938 bits per heavy atom. The van der Waals surface area contributed by atoms with Gasteiger partial charge in [-0.05, 0) is 60.5 Å². The Balaban J connectivity index is 1.55. The Labute approximate surface area is 188 Å². The van der Waals surface area contributed by atoms with E-state index in [4.69, 9.17) is 4.99 Å². The number of nitrogens with one attached hydrogen (secondary N) is 1. The van der Waals surface area contributed by atoms with Gasteiger partial charge in [-0.2, -0.15) is 0 Å². The number of anilines is 1. The van der Waals surface area contributed by atoms with E-state index in [2.05, 4.69) is 40.2 Å². The second kappa shape index (κ2) is 10.1. The summed E-state index contributed by atoms with van der Waals surface area (Å²) in [6.45, 7) is 5.20. The highest BCUT2D eigenvalue weighted by molar-refractivity contribution is 6.06. The quantitative estimate of drug-likeness (QED) is 0.485. The van der Waals surface area contributed by atoms with Crippen LogP contribution in [0.1, 0.15) is 22.8 Å². The molecule has 32 heavy (non-hydrogen) atoms. The normalized spacial score (nSPS) is 14.4. The van der Waals surface area contributed by atoms with Crippen LogP contribution < -0.4 is 10.2 Å². The molecule has 0 atom stereocenters. The summed E-state index contributed by atoms with van der Waals surface area (Å²) >= 11 is 0. The van der Waals surface area contributed by atoms with E-state index >= 15 is 0 Å². The number of para-hydroxylation sites is 1. The van der Waals surface area contributed by atoms with Gasteiger partial charge in [0.1, 0.15) is 5.82 Å². The molecule has 5 nitrogen and oxygen atoms in total. The molecule has 4 rings (SSSR count). The number of hydrogen-bond donors (Lipinski definition) is 1. The van der Waals surface area contributed by atoms with E-state index in [9.17, 15) is 9.18 Å². The lowest BCUT2D eigenvalue weighted by Crippen LogP contribution is -2.53. The lowest BCUT2D eigenvalue weighted by molar-refractivity contribution is 0.0971. The van der Waals surface area contributed by atoms with Crippen molar-refractivity contribution in [3.05, 3.63) is 95.8 Å². The summed E-state index contributed by atoms with van der Waals surface area (Å²) < 4.78 is 13.3. The molecule has 164 valence electrons. The van der Waals surface area contributed by atoms with Gasteiger partial charge in [0.2, 0.25) is 5.96 Å². The Bertz CT molecular complexity index is 1070. The topological polar surface area (TPSA) is 47.9 Å². The van der Waals surface area contributed by atoms with Crippen molar-refractivity contribution >= 4 is 23.2 Å². The number of hydrogen-bond acceptors (Lipinski definition) is 3. The molecule has 1 fully saturated rings. The third kappa shape index (κ3) is 5.32. The van der Waals surface area contributed by atoms with Gasteiger partial charge < -0.3 is 9.80 Å². The maximum absolute atomic E-state index is 13.3. The van der Waals surface area contributed by atoms with Crippen LogP contribution in [0, 0.1) is 5.82 Å². The number of amides is 1. The molecular weight excluding hydrogens is 403 g/mol. The van der Waals surface area contributed by atoms with Crippen LogP contribution in [0.25, 0.3) is 0 Å². The van der Waals surface area contributed by atoms with E-state index in [-0.39, 0.29) is 11.7 Å². The molecular formula is C26H27FN4O. The fourth-order valence-electron chi connectivity index (χ4n) is 3.74. The van der Waals surface area contributed by atoms with Crippen molar-refractivity contribution in [3.8, 4) is 0 Å². The van der Waals surface area contributed by atoms with Gasteiger partial charge in [-0.1, -0.05) is 37.3 Å². The minimum atomic E-state index is -0.371. The maximum Gasteiger partial charge on any atom is 0.257 e. The molecule has 1 aliphatic rings. The van der Waals surface area contributed by atoms with E-state index in [0.29, 0.717) is 11.5 Å². The average Bonchev–Trinajstić information content (AvgIpc) is 2.85. The van der Waals surface area contributed by atoms with Crippen molar-refractivity contribution in [3.63, 3.8) is 0 Å². The lowest BCUT2D eigenvalue weighted by Gasteiger charge is -2.37. The van der Waals surface area contributed by atoms with Gasteiger partial charge in [0.25, 0.3) is 5.91 Å². The fourth-order valence-corrected chi connectivity index (χ4v) is 3.74. The van der Waals surface area contributed by atoms with E-state index in [1.54, 1.807) is 0 Å². The number of guanidine groups is 1. The largest absolute Gasteiger partial charge is 0.368 e. The number of nitrogens with zero attached hydrogens (tertiary/aromatic N) is 3. The molecule has 3 aromatic rings. The number of carbonyl (C=O) groups excluding carboxylic acids is 1. The van der Waals surface area contributed by atoms with Gasteiger partial charge in [0.15, 0.2) is 0 Å². The first-order valence-electron chi connectivity index (χ1n) is 10.9. The van der Waals surface area contributed by atoms with E-state index < -0.39 is 0 Å². The lowest BCUT2D eigenvalue weighted by atomic mass is 10.1. The van der Waals surface area contributed by atoms with Gasteiger partial charge >= 0.3 is 0 Å².